The summed E-state index contributed by atoms with van der Waals surface area (Å²) in [4.78, 5) is 5.64. The van der Waals surface area contributed by atoms with Crippen molar-refractivity contribution < 1.29 is 0 Å². The molecule has 0 bridgehead atoms. The van der Waals surface area contributed by atoms with Gasteiger partial charge >= 0.3 is 0 Å². The Labute approximate surface area is 122 Å². The number of hydrogen-bond acceptors (Lipinski definition) is 3. The number of likely N-dealkylation sites (tertiary alicyclic amines) is 1. The Morgan fingerprint density at radius 2 is 1.89 bits per heavy atom. The summed E-state index contributed by atoms with van der Waals surface area (Å²) in [6.07, 6.45) is 3.93. The number of thiophene rings is 1. The van der Waals surface area contributed by atoms with Crippen LogP contribution in [0.2, 0.25) is 0 Å². The molecule has 0 aromatic carbocycles. The Bertz CT molecular complexity index is 367. The van der Waals surface area contributed by atoms with Crippen LogP contribution in [0.5, 0.6) is 0 Å². The van der Waals surface area contributed by atoms with Crippen molar-refractivity contribution in [3.05, 3.63) is 21.9 Å². The Balaban J connectivity index is 1.78. The maximum Gasteiger partial charge on any atom is 0.0300 e. The highest BCUT2D eigenvalue weighted by molar-refractivity contribution is 7.11. The standard InChI is InChI=1S/C16H28N2S/c1-4-14-7-8-15(19-14)11-17-12-16(13(2)3)18-9-5-6-10-18/h7-8,13,16-17H,4-6,9-12H2,1-3H3. The van der Waals surface area contributed by atoms with Gasteiger partial charge in [-0.25, -0.2) is 0 Å². The molecule has 1 fully saturated rings. The first kappa shape index (κ1) is 15.0. The highest BCUT2D eigenvalue weighted by atomic mass is 32.1. The van der Waals surface area contributed by atoms with Crippen LogP contribution < -0.4 is 5.32 Å². The molecule has 0 amide bonds. The van der Waals surface area contributed by atoms with Gasteiger partial charge in [0, 0.05) is 28.9 Å². The minimum absolute atomic E-state index is 0.702. The van der Waals surface area contributed by atoms with Gasteiger partial charge in [0.2, 0.25) is 0 Å². The van der Waals surface area contributed by atoms with Crippen molar-refractivity contribution in [3.63, 3.8) is 0 Å². The summed E-state index contributed by atoms with van der Waals surface area (Å²) in [7, 11) is 0. The smallest absolute Gasteiger partial charge is 0.0300 e. The van der Waals surface area contributed by atoms with Crippen molar-refractivity contribution in [2.45, 2.75) is 52.6 Å². The van der Waals surface area contributed by atoms with Gasteiger partial charge in [0.05, 0.1) is 0 Å². The first-order valence-electron chi connectivity index (χ1n) is 7.73. The van der Waals surface area contributed by atoms with E-state index in [4.69, 9.17) is 0 Å². The van der Waals surface area contributed by atoms with E-state index in [1.54, 1.807) is 0 Å². The molecular formula is C16H28N2S. The molecule has 108 valence electrons. The summed E-state index contributed by atoms with van der Waals surface area (Å²) in [5, 5.41) is 3.67. The molecule has 1 saturated heterocycles. The fourth-order valence-corrected chi connectivity index (χ4v) is 3.84. The Morgan fingerprint density at radius 3 is 2.47 bits per heavy atom. The van der Waals surface area contributed by atoms with Gasteiger partial charge in [-0.05, 0) is 50.4 Å². The molecule has 0 spiro atoms. The van der Waals surface area contributed by atoms with Gasteiger partial charge in [-0.3, -0.25) is 4.90 Å². The number of hydrogen-bond donors (Lipinski definition) is 1. The number of aryl methyl sites for hydroxylation is 1. The van der Waals surface area contributed by atoms with Crippen molar-refractivity contribution in [2.24, 2.45) is 5.92 Å². The third-order valence-electron chi connectivity index (χ3n) is 4.10. The van der Waals surface area contributed by atoms with Gasteiger partial charge in [-0.15, -0.1) is 11.3 Å². The zero-order chi connectivity index (χ0) is 13.7. The van der Waals surface area contributed by atoms with Crippen LogP contribution in [0, 0.1) is 5.92 Å². The van der Waals surface area contributed by atoms with E-state index in [0.717, 1.165) is 25.4 Å². The number of rotatable bonds is 7. The largest absolute Gasteiger partial charge is 0.310 e. The Kier molecular flexibility index (Phi) is 5.86. The third-order valence-corrected chi connectivity index (χ3v) is 5.33. The molecule has 1 aliphatic heterocycles. The van der Waals surface area contributed by atoms with Crippen molar-refractivity contribution in [2.75, 3.05) is 19.6 Å². The summed E-state index contributed by atoms with van der Waals surface area (Å²) < 4.78 is 0. The average Bonchev–Trinajstić information content (AvgIpc) is 3.05. The molecule has 2 nitrogen and oxygen atoms in total. The molecular weight excluding hydrogens is 252 g/mol. The van der Waals surface area contributed by atoms with E-state index < -0.39 is 0 Å². The monoisotopic (exact) mass is 280 g/mol. The molecule has 1 unspecified atom stereocenters. The predicted molar refractivity (Wildman–Crippen MR) is 84.8 cm³/mol. The van der Waals surface area contributed by atoms with E-state index in [0.29, 0.717) is 6.04 Å². The maximum atomic E-state index is 3.67. The zero-order valence-electron chi connectivity index (χ0n) is 12.6. The molecule has 0 radical (unpaired) electrons. The summed E-state index contributed by atoms with van der Waals surface area (Å²) >= 11 is 1.95. The third kappa shape index (κ3) is 4.30. The van der Waals surface area contributed by atoms with Crippen LogP contribution in [-0.2, 0) is 13.0 Å². The first-order chi connectivity index (χ1) is 9.20. The molecule has 19 heavy (non-hydrogen) atoms. The van der Waals surface area contributed by atoms with Crippen LogP contribution in [0.1, 0.15) is 43.4 Å². The summed E-state index contributed by atoms with van der Waals surface area (Å²) in [5.74, 6) is 0.736. The first-order valence-corrected chi connectivity index (χ1v) is 8.54. The van der Waals surface area contributed by atoms with E-state index in [1.807, 2.05) is 11.3 Å². The minimum atomic E-state index is 0.702. The molecule has 2 rings (SSSR count). The fraction of sp³-hybridized carbons (Fsp3) is 0.750. The lowest BCUT2D eigenvalue weighted by atomic mass is 10.0. The molecule has 1 aromatic heterocycles. The van der Waals surface area contributed by atoms with Gasteiger partial charge in [-0.2, -0.15) is 0 Å². The van der Waals surface area contributed by atoms with Crippen molar-refractivity contribution in [1.82, 2.24) is 10.2 Å². The van der Waals surface area contributed by atoms with E-state index >= 15 is 0 Å². The van der Waals surface area contributed by atoms with E-state index in [1.165, 1.54) is 35.7 Å². The number of nitrogens with one attached hydrogen (secondary N) is 1. The quantitative estimate of drug-likeness (QED) is 0.822. The van der Waals surface area contributed by atoms with Crippen molar-refractivity contribution in [1.29, 1.82) is 0 Å². The topological polar surface area (TPSA) is 15.3 Å². The summed E-state index contributed by atoms with van der Waals surface area (Å²) in [6.45, 7) is 11.7. The molecule has 1 N–H and O–H groups in total. The lowest BCUT2D eigenvalue weighted by Crippen LogP contribution is -2.43. The molecule has 3 heteroatoms. The van der Waals surface area contributed by atoms with Gasteiger partial charge in [0.1, 0.15) is 0 Å². The molecule has 0 aliphatic carbocycles. The van der Waals surface area contributed by atoms with Crippen molar-refractivity contribution in [3.8, 4) is 0 Å². The second-order valence-corrected chi connectivity index (χ2v) is 7.16. The molecule has 0 saturated carbocycles. The predicted octanol–water partition coefficient (Wildman–Crippen LogP) is 3.52. The molecule has 2 heterocycles. The van der Waals surface area contributed by atoms with E-state index in [-0.39, 0.29) is 0 Å². The second-order valence-electron chi connectivity index (χ2n) is 5.91. The summed E-state index contributed by atoms with van der Waals surface area (Å²) in [6, 6.07) is 5.24. The lowest BCUT2D eigenvalue weighted by Gasteiger charge is -2.31. The van der Waals surface area contributed by atoms with Crippen LogP contribution in [0.3, 0.4) is 0 Å². The fourth-order valence-electron chi connectivity index (χ4n) is 2.91. The van der Waals surface area contributed by atoms with E-state index in [2.05, 4.69) is 43.1 Å². The second kappa shape index (κ2) is 7.41. The van der Waals surface area contributed by atoms with Gasteiger partial charge < -0.3 is 5.32 Å². The van der Waals surface area contributed by atoms with Gasteiger partial charge in [0.25, 0.3) is 0 Å². The van der Waals surface area contributed by atoms with Gasteiger partial charge in [-0.1, -0.05) is 20.8 Å². The number of nitrogens with zero attached hydrogens (tertiary/aromatic N) is 1. The molecule has 1 aromatic rings. The molecule has 1 atom stereocenters. The highest BCUT2D eigenvalue weighted by Gasteiger charge is 2.23. The van der Waals surface area contributed by atoms with Crippen LogP contribution in [-0.4, -0.2) is 30.6 Å². The molecule has 1 aliphatic rings. The van der Waals surface area contributed by atoms with Crippen molar-refractivity contribution >= 4 is 11.3 Å². The minimum Gasteiger partial charge on any atom is -0.310 e. The summed E-state index contributed by atoms with van der Waals surface area (Å²) in [5.41, 5.74) is 0. The van der Waals surface area contributed by atoms with Crippen LogP contribution >= 0.6 is 11.3 Å². The van der Waals surface area contributed by atoms with Crippen LogP contribution in [0.4, 0.5) is 0 Å². The highest BCUT2D eigenvalue weighted by Crippen LogP contribution is 2.19. The SMILES string of the molecule is CCc1ccc(CNCC(C(C)C)N2CCCC2)s1. The Hall–Kier alpha value is -0.380. The van der Waals surface area contributed by atoms with Gasteiger partial charge in [0.15, 0.2) is 0 Å². The zero-order valence-corrected chi connectivity index (χ0v) is 13.4. The Morgan fingerprint density at radius 1 is 1.21 bits per heavy atom. The lowest BCUT2D eigenvalue weighted by molar-refractivity contribution is 0.186. The van der Waals surface area contributed by atoms with E-state index in [9.17, 15) is 0 Å². The van der Waals surface area contributed by atoms with Crippen LogP contribution in [0.15, 0.2) is 12.1 Å². The normalized spacial score (nSPS) is 18.3. The van der Waals surface area contributed by atoms with Crippen LogP contribution in [0.25, 0.3) is 0 Å². The maximum absolute atomic E-state index is 3.67. The average molecular weight is 280 g/mol.